The molecule has 5 rings (SSSR count). The van der Waals surface area contributed by atoms with Crippen LogP contribution >= 0.6 is 11.6 Å². The highest BCUT2D eigenvalue weighted by Gasteiger charge is 2.71. The average Bonchev–Trinajstić information content (AvgIpc) is 3.36. The second kappa shape index (κ2) is 8.35. The second-order valence-electron chi connectivity index (χ2n) is 10.4. The maximum Gasteiger partial charge on any atom is 0.175 e. The Balaban J connectivity index is 1.48. The van der Waals surface area contributed by atoms with E-state index < -0.39 is 29.1 Å². The van der Waals surface area contributed by atoms with Crippen LogP contribution in [0, 0.1) is 23.7 Å². The van der Waals surface area contributed by atoms with Gasteiger partial charge in [-0.1, -0.05) is 26.2 Å². The zero-order valence-electron chi connectivity index (χ0n) is 18.8. The zero-order chi connectivity index (χ0) is 21.9. The summed E-state index contributed by atoms with van der Waals surface area (Å²) in [5.41, 5.74) is -1.12. The molecule has 0 aromatic rings. The molecule has 8 unspecified atom stereocenters. The highest BCUT2D eigenvalue weighted by Crippen LogP contribution is 2.56. The van der Waals surface area contributed by atoms with E-state index in [2.05, 4.69) is 0 Å². The normalized spacial score (nSPS) is 50.6. The summed E-state index contributed by atoms with van der Waals surface area (Å²) >= 11 is 6.78. The standard InChI is InChI=1S/C24H35ClO6/c1-12-9-15(26)14-10-16(13-7-5-4-6-8-13)30-23(14)24(12)22(27)19-17(28-2)11-18(29-3)20(25)21(19)31-24/h12-14,16-21,23H,4-11H2,1-3H3/t12-,14?,16?,17?,18?,19?,20?,21?,23?,24-/m1/s1. The average molecular weight is 455 g/mol. The lowest BCUT2D eigenvalue weighted by Gasteiger charge is -2.44. The number of ketones is 2. The van der Waals surface area contributed by atoms with Crippen LogP contribution in [0.2, 0.25) is 0 Å². The number of carbonyl (C=O) groups is 2. The molecule has 10 atom stereocenters. The van der Waals surface area contributed by atoms with Crippen molar-refractivity contribution in [3.05, 3.63) is 0 Å². The van der Waals surface area contributed by atoms with E-state index in [9.17, 15) is 9.59 Å². The lowest BCUT2D eigenvalue weighted by molar-refractivity contribution is -0.196. The third-order valence-electron chi connectivity index (χ3n) is 8.94. The van der Waals surface area contributed by atoms with E-state index in [0.29, 0.717) is 25.2 Å². The van der Waals surface area contributed by atoms with Crippen LogP contribution in [0.25, 0.3) is 0 Å². The van der Waals surface area contributed by atoms with Crippen LogP contribution in [0.3, 0.4) is 0 Å². The lowest BCUT2D eigenvalue weighted by Crippen LogP contribution is -2.61. The van der Waals surface area contributed by atoms with Gasteiger partial charge < -0.3 is 18.9 Å². The molecule has 0 radical (unpaired) electrons. The summed E-state index contributed by atoms with van der Waals surface area (Å²) in [7, 11) is 3.26. The monoisotopic (exact) mass is 454 g/mol. The van der Waals surface area contributed by atoms with E-state index in [0.717, 1.165) is 12.8 Å². The summed E-state index contributed by atoms with van der Waals surface area (Å²) in [5.74, 6) is -0.250. The number of fused-ring (bicyclic) bond motifs is 3. The summed E-state index contributed by atoms with van der Waals surface area (Å²) in [6.45, 7) is 1.96. The van der Waals surface area contributed by atoms with Crippen molar-refractivity contribution in [1.82, 2.24) is 0 Å². The number of ether oxygens (including phenoxy) is 4. The summed E-state index contributed by atoms with van der Waals surface area (Å²) in [6, 6.07) is 0. The van der Waals surface area contributed by atoms with Crippen molar-refractivity contribution in [2.24, 2.45) is 23.7 Å². The first-order valence-electron chi connectivity index (χ1n) is 12.0. The van der Waals surface area contributed by atoms with E-state index in [4.69, 9.17) is 30.5 Å². The Labute approximate surface area is 189 Å². The van der Waals surface area contributed by atoms with Gasteiger partial charge in [-0.25, -0.2) is 0 Å². The van der Waals surface area contributed by atoms with Gasteiger partial charge in [-0.2, -0.15) is 0 Å². The van der Waals surface area contributed by atoms with Gasteiger partial charge in [0.05, 0.1) is 35.7 Å². The predicted octanol–water partition coefficient (Wildman–Crippen LogP) is 3.31. The molecule has 2 aliphatic heterocycles. The fourth-order valence-electron chi connectivity index (χ4n) is 7.27. The molecule has 3 saturated carbocycles. The molecule has 3 aliphatic carbocycles. The summed E-state index contributed by atoms with van der Waals surface area (Å²) in [6.07, 6.45) is 6.10. The van der Waals surface area contributed by atoms with Gasteiger partial charge in [0.1, 0.15) is 11.9 Å². The molecule has 0 amide bonds. The Morgan fingerprint density at radius 1 is 1.03 bits per heavy atom. The molecule has 7 heteroatoms. The summed E-state index contributed by atoms with van der Waals surface area (Å²) < 4.78 is 24.6. The van der Waals surface area contributed by atoms with Gasteiger partial charge in [-0.05, 0) is 25.2 Å². The molecule has 5 aliphatic rings. The molecule has 31 heavy (non-hydrogen) atoms. The van der Waals surface area contributed by atoms with Crippen LogP contribution in [-0.4, -0.2) is 67.3 Å². The Bertz CT molecular complexity index is 723. The van der Waals surface area contributed by atoms with Gasteiger partial charge in [-0.15, -0.1) is 11.6 Å². The van der Waals surface area contributed by atoms with Crippen molar-refractivity contribution < 1.29 is 28.5 Å². The quantitative estimate of drug-likeness (QED) is 0.609. The molecule has 2 saturated heterocycles. The lowest BCUT2D eigenvalue weighted by atomic mass is 9.64. The van der Waals surface area contributed by atoms with Crippen molar-refractivity contribution in [2.45, 2.75) is 99.8 Å². The zero-order valence-corrected chi connectivity index (χ0v) is 19.5. The van der Waals surface area contributed by atoms with Gasteiger partial charge in [0, 0.05) is 38.9 Å². The van der Waals surface area contributed by atoms with Crippen molar-refractivity contribution in [3.63, 3.8) is 0 Å². The molecule has 0 N–H and O–H groups in total. The van der Waals surface area contributed by atoms with Crippen molar-refractivity contribution in [2.75, 3.05) is 14.2 Å². The molecular weight excluding hydrogens is 420 g/mol. The Morgan fingerprint density at radius 2 is 1.74 bits per heavy atom. The number of carbonyl (C=O) groups excluding carboxylic acids is 2. The molecule has 0 aromatic heterocycles. The van der Waals surface area contributed by atoms with E-state index in [-0.39, 0.29) is 41.7 Å². The van der Waals surface area contributed by atoms with E-state index in [1.807, 2.05) is 6.92 Å². The van der Waals surface area contributed by atoms with Crippen LogP contribution in [0.15, 0.2) is 0 Å². The topological polar surface area (TPSA) is 71.1 Å². The third kappa shape index (κ3) is 3.27. The number of Topliss-reactive ketones (excluding diaryl/α,β-unsaturated/α-hetero) is 2. The molecular formula is C24H35ClO6. The number of methoxy groups -OCH3 is 2. The van der Waals surface area contributed by atoms with Crippen LogP contribution in [0.4, 0.5) is 0 Å². The number of hydrogen-bond acceptors (Lipinski definition) is 6. The predicted molar refractivity (Wildman–Crippen MR) is 114 cm³/mol. The molecule has 2 heterocycles. The maximum absolute atomic E-state index is 14.1. The SMILES string of the molecule is COC1CC(OC)C2C(=O)[C@@]3(OC2C1Cl)C1OC(C2CCCCC2)CC1C(=O)C[C@H]3C. The van der Waals surface area contributed by atoms with E-state index >= 15 is 0 Å². The molecule has 0 bridgehead atoms. The highest BCUT2D eigenvalue weighted by atomic mass is 35.5. The Morgan fingerprint density at radius 3 is 2.42 bits per heavy atom. The largest absolute Gasteiger partial charge is 0.380 e. The van der Waals surface area contributed by atoms with Gasteiger partial charge in [0.25, 0.3) is 0 Å². The maximum atomic E-state index is 14.1. The fourth-order valence-corrected chi connectivity index (χ4v) is 7.68. The molecule has 5 fully saturated rings. The van der Waals surface area contributed by atoms with Crippen molar-refractivity contribution in [1.29, 1.82) is 0 Å². The minimum atomic E-state index is -1.12. The first kappa shape index (κ1) is 22.3. The van der Waals surface area contributed by atoms with E-state index in [1.54, 1.807) is 14.2 Å². The van der Waals surface area contributed by atoms with Crippen molar-refractivity contribution in [3.8, 4) is 0 Å². The van der Waals surface area contributed by atoms with Crippen LogP contribution < -0.4 is 0 Å². The van der Waals surface area contributed by atoms with Crippen LogP contribution in [0.5, 0.6) is 0 Å². The third-order valence-corrected chi connectivity index (χ3v) is 9.47. The molecule has 0 aromatic carbocycles. The fraction of sp³-hybridized carbons (Fsp3) is 0.917. The summed E-state index contributed by atoms with van der Waals surface area (Å²) in [5, 5.41) is -0.441. The first-order chi connectivity index (χ1) is 14.9. The smallest absolute Gasteiger partial charge is 0.175 e. The Kier molecular flexibility index (Phi) is 6.00. The van der Waals surface area contributed by atoms with Crippen LogP contribution in [0.1, 0.15) is 58.3 Å². The number of alkyl halides is 1. The Hall–Kier alpha value is -0.530. The van der Waals surface area contributed by atoms with Gasteiger partial charge in [0.15, 0.2) is 11.4 Å². The first-order valence-corrected chi connectivity index (χ1v) is 12.5. The van der Waals surface area contributed by atoms with Crippen LogP contribution in [-0.2, 0) is 28.5 Å². The molecule has 174 valence electrons. The van der Waals surface area contributed by atoms with Gasteiger partial charge in [0.2, 0.25) is 0 Å². The van der Waals surface area contributed by atoms with Gasteiger partial charge in [-0.3, -0.25) is 9.59 Å². The molecule has 1 spiro atoms. The number of rotatable bonds is 3. The highest BCUT2D eigenvalue weighted by molar-refractivity contribution is 6.22. The van der Waals surface area contributed by atoms with Gasteiger partial charge >= 0.3 is 0 Å². The molecule has 6 nitrogen and oxygen atoms in total. The summed E-state index contributed by atoms with van der Waals surface area (Å²) in [4.78, 5) is 27.1. The second-order valence-corrected chi connectivity index (χ2v) is 10.9. The minimum absolute atomic E-state index is 0.0175. The van der Waals surface area contributed by atoms with E-state index in [1.165, 1.54) is 19.3 Å². The number of hydrogen-bond donors (Lipinski definition) is 0. The minimum Gasteiger partial charge on any atom is -0.380 e. The number of halogens is 1. The van der Waals surface area contributed by atoms with Crippen molar-refractivity contribution >= 4 is 23.2 Å².